The first-order chi connectivity index (χ1) is 7.72. The van der Waals surface area contributed by atoms with Crippen LogP contribution in [0.15, 0.2) is 5.38 Å². The molecular formula is C13H21NOS. The molecule has 16 heavy (non-hydrogen) atoms. The molecule has 90 valence electrons. The van der Waals surface area contributed by atoms with Gasteiger partial charge in [-0.15, -0.1) is 11.3 Å². The van der Waals surface area contributed by atoms with Gasteiger partial charge in [-0.1, -0.05) is 26.7 Å². The van der Waals surface area contributed by atoms with Crippen molar-refractivity contribution in [3.05, 3.63) is 16.1 Å². The fourth-order valence-electron chi connectivity index (χ4n) is 2.38. The highest BCUT2D eigenvalue weighted by molar-refractivity contribution is 7.09. The van der Waals surface area contributed by atoms with E-state index >= 15 is 0 Å². The molecule has 0 amide bonds. The first-order valence-electron chi connectivity index (χ1n) is 6.23. The molecule has 2 nitrogen and oxygen atoms in total. The number of methoxy groups -OCH3 is 1. The summed E-state index contributed by atoms with van der Waals surface area (Å²) in [4.78, 5) is 4.80. The van der Waals surface area contributed by atoms with Crippen LogP contribution in [-0.4, -0.2) is 12.1 Å². The Bertz CT molecular complexity index is 341. The smallest absolute Gasteiger partial charge is 0.125 e. The second-order valence-electron chi connectivity index (χ2n) is 4.79. The molecule has 1 atom stereocenters. The van der Waals surface area contributed by atoms with Gasteiger partial charge in [-0.2, -0.15) is 0 Å². The average Bonchev–Trinajstić information content (AvgIpc) is 2.96. The molecule has 0 aliphatic heterocycles. The average molecular weight is 239 g/mol. The minimum Gasteiger partial charge on any atom is -0.371 e. The molecule has 3 heteroatoms. The van der Waals surface area contributed by atoms with E-state index in [0.29, 0.717) is 5.92 Å². The summed E-state index contributed by atoms with van der Waals surface area (Å²) in [7, 11) is 1.83. The van der Waals surface area contributed by atoms with Gasteiger partial charge in [0.05, 0.1) is 5.69 Å². The van der Waals surface area contributed by atoms with Crippen molar-refractivity contribution in [2.75, 3.05) is 7.11 Å². The molecule has 0 bridgehead atoms. The normalized spacial score (nSPS) is 21.2. The van der Waals surface area contributed by atoms with Crippen LogP contribution in [0.1, 0.15) is 62.6 Å². The Morgan fingerprint density at radius 1 is 1.50 bits per heavy atom. The van der Waals surface area contributed by atoms with Crippen LogP contribution in [0.3, 0.4) is 0 Å². The van der Waals surface area contributed by atoms with Crippen LogP contribution in [0.5, 0.6) is 0 Å². The Labute approximate surface area is 102 Å². The molecule has 1 saturated carbocycles. The lowest BCUT2D eigenvalue weighted by atomic mass is 10.0. The van der Waals surface area contributed by atoms with Crippen molar-refractivity contribution in [1.82, 2.24) is 4.98 Å². The van der Waals surface area contributed by atoms with Gasteiger partial charge in [0, 0.05) is 12.5 Å². The molecule has 1 heterocycles. The Balaban J connectivity index is 2.23. The summed E-state index contributed by atoms with van der Waals surface area (Å²) in [6.07, 6.45) is 5.97. The maximum absolute atomic E-state index is 5.76. The highest BCUT2D eigenvalue weighted by atomic mass is 32.1. The van der Waals surface area contributed by atoms with Crippen LogP contribution in [-0.2, 0) is 10.3 Å². The topological polar surface area (TPSA) is 22.1 Å². The van der Waals surface area contributed by atoms with Crippen LogP contribution in [0.2, 0.25) is 0 Å². The van der Waals surface area contributed by atoms with Crippen LogP contribution in [0.4, 0.5) is 0 Å². The SMILES string of the molecule is CCC(C)c1csc(C2(OC)CCCC2)n1. The van der Waals surface area contributed by atoms with Gasteiger partial charge in [0.25, 0.3) is 0 Å². The third-order valence-corrected chi connectivity index (χ3v) is 4.88. The fourth-order valence-corrected chi connectivity index (χ4v) is 3.56. The summed E-state index contributed by atoms with van der Waals surface area (Å²) in [5, 5.41) is 3.41. The molecule has 0 N–H and O–H groups in total. The zero-order valence-electron chi connectivity index (χ0n) is 10.5. The number of hydrogen-bond acceptors (Lipinski definition) is 3. The summed E-state index contributed by atoms with van der Waals surface area (Å²) < 4.78 is 5.76. The number of nitrogens with zero attached hydrogens (tertiary/aromatic N) is 1. The van der Waals surface area contributed by atoms with E-state index in [0.717, 1.165) is 19.3 Å². The second kappa shape index (κ2) is 4.84. The molecule has 1 aromatic heterocycles. The number of ether oxygens (including phenoxy) is 1. The number of hydrogen-bond donors (Lipinski definition) is 0. The molecule has 2 rings (SSSR count). The summed E-state index contributed by atoms with van der Waals surface area (Å²) in [5.41, 5.74) is 1.18. The van der Waals surface area contributed by atoms with Gasteiger partial charge in [0.1, 0.15) is 10.6 Å². The lowest BCUT2D eigenvalue weighted by molar-refractivity contribution is -0.00899. The van der Waals surface area contributed by atoms with Gasteiger partial charge in [0.2, 0.25) is 0 Å². The molecule has 0 saturated heterocycles. The monoisotopic (exact) mass is 239 g/mol. The van der Waals surface area contributed by atoms with E-state index in [1.165, 1.54) is 23.5 Å². The van der Waals surface area contributed by atoms with E-state index in [9.17, 15) is 0 Å². The van der Waals surface area contributed by atoms with Crippen LogP contribution in [0.25, 0.3) is 0 Å². The summed E-state index contributed by atoms with van der Waals surface area (Å²) in [6.45, 7) is 4.46. The van der Waals surface area contributed by atoms with Gasteiger partial charge in [-0.05, 0) is 25.2 Å². The van der Waals surface area contributed by atoms with Crippen molar-refractivity contribution in [3.63, 3.8) is 0 Å². The molecule has 0 radical (unpaired) electrons. The summed E-state index contributed by atoms with van der Waals surface area (Å²) in [6, 6.07) is 0. The third-order valence-electron chi connectivity index (χ3n) is 3.83. The Kier molecular flexibility index (Phi) is 3.65. The van der Waals surface area contributed by atoms with Crippen LogP contribution in [0, 0.1) is 0 Å². The second-order valence-corrected chi connectivity index (χ2v) is 5.65. The zero-order valence-corrected chi connectivity index (χ0v) is 11.3. The Hall–Kier alpha value is -0.410. The Morgan fingerprint density at radius 3 is 2.75 bits per heavy atom. The van der Waals surface area contributed by atoms with Crippen molar-refractivity contribution in [1.29, 1.82) is 0 Å². The minimum absolute atomic E-state index is 0.0591. The molecule has 1 fully saturated rings. The highest BCUT2D eigenvalue weighted by Gasteiger charge is 2.38. The summed E-state index contributed by atoms with van der Waals surface area (Å²) in [5.74, 6) is 0.570. The molecule has 0 aromatic carbocycles. The van der Waals surface area contributed by atoms with Gasteiger partial charge in [0.15, 0.2) is 0 Å². The van der Waals surface area contributed by atoms with E-state index in [2.05, 4.69) is 19.2 Å². The predicted molar refractivity (Wildman–Crippen MR) is 68.0 cm³/mol. The van der Waals surface area contributed by atoms with Crippen molar-refractivity contribution < 1.29 is 4.74 Å². The maximum Gasteiger partial charge on any atom is 0.125 e. The first kappa shape index (κ1) is 12.1. The van der Waals surface area contributed by atoms with Crippen molar-refractivity contribution in [2.24, 2.45) is 0 Å². The van der Waals surface area contributed by atoms with E-state index in [4.69, 9.17) is 9.72 Å². The van der Waals surface area contributed by atoms with Gasteiger partial charge in [-0.25, -0.2) is 4.98 Å². The van der Waals surface area contributed by atoms with Gasteiger partial charge >= 0.3 is 0 Å². The number of thiazole rings is 1. The third kappa shape index (κ3) is 2.03. The molecule has 1 unspecified atom stereocenters. The van der Waals surface area contributed by atoms with E-state index in [1.807, 2.05) is 7.11 Å². The largest absolute Gasteiger partial charge is 0.371 e. The predicted octanol–water partition coefficient (Wildman–Crippen LogP) is 4.07. The van der Waals surface area contributed by atoms with Crippen molar-refractivity contribution in [2.45, 2.75) is 57.5 Å². The molecule has 1 aliphatic rings. The van der Waals surface area contributed by atoms with Gasteiger partial charge in [-0.3, -0.25) is 0 Å². The molecule has 1 aliphatic carbocycles. The summed E-state index contributed by atoms with van der Waals surface area (Å²) >= 11 is 1.78. The molecular weight excluding hydrogens is 218 g/mol. The van der Waals surface area contributed by atoms with E-state index in [1.54, 1.807) is 11.3 Å². The number of aromatic nitrogens is 1. The quantitative estimate of drug-likeness (QED) is 0.790. The van der Waals surface area contributed by atoms with Gasteiger partial charge < -0.3 is 4.74 Å². The lowest BCUT2D eigenvalue weighted by Gasteiger charge is -2.24. The molecule has 1 aromatic rings. The number of rotatable bonds is 4. The van der Waals surface area contributed by atoms with Crippen LogP contribution < -0.4 is 0 Å². The maximum atomic E-state index is 5.76. The van der Waals surface area contributed by atoms with E-state index < -0.39 is 0 Å². The zero-order chi connectivity index (χ0) is 11.6. The molecule has 0 spiro atoms. The van der Waals surface area contributed by atoms with Crippen molar-refractivity contribution in [3.8, 4) is 0 Å². The van der Waals surface area contributed by atoms with E-state index in [-0.39, 0.29) is 5.60 Å². The lowest BCUT2D eigenvalue weighted by Crippen LogP contribution is -2.24. The van der Waals surface area contributed by atoms with Crippen molar-refractivity contribution >= 4 is 11.3 Å². The highest BCUT2D eigenvalue weighted by Crippen LogP contribution is 2.43. The first-order valence-corrected chi connectivity index (χ1v) is 7.11. The Morgan fingerprint density at radius 2 is 2.19 bits per heavy atom. The standard InChI is InChI=1S/C13H21NOS/c1-4-10(2)11-9-16-12(14-11)13(15-3)7-5-6-8-13/h9-10H,4-8H2,1-3H3. The minimum atomic E-state index is -0.0591. The fraction of sp³-hybridized carbons (Fsp3) is 0.769. The van der Waals surface area contributed by atoms with Crippen LogP contribution >= 0.6 is 11.3 Å².